The maximum Gasteiger partial charge on any atom is 0.250 e. The highest BCUT2D eigenvalue weighted by Crippen LogP contribution is 2.30. The first kappa shape index (κ1) is 21.6. The molecule has 6 nitrogen and oxygen atoms in total. The molecule has 10 heteroatoms. The molecule has 1 heterocycles. The second-order valence-corrected chi connectivity index (χ2v) is 9.46. The van der Waals surface area contributed by atoms with Gasteiger partial charge in [-0.1, -0.05) is 58.6 Å². The van der Waals surface area contributed by atoms with Crippen molar-refractivity contribution in [1.29, 1.82) is 0 Å². The minimum Gasteiger partial charge on any atom is -0.497 e. The Bertz CT molecular complexity index is 962. The number of nitrogens with zero attached hydrogens (tertiary/aromatic N) is 3. The van der Waals surface area contributed by atoms with Crippen LogP contribution in [0.4, 0.5) is 0 Å². The third-order valence-corrected chi connectivity index (χ3v) is 7.02. The lowest BCUT2D eigenvalue weighted by atomic mass is 10.2. The second kappa shape index (κ2) is 11.2. The Balaban J connectivity index is 1.39. The van der Waals surface area contributed by atoms with E-state index in [1.54, 1.807) is 25.1 Å². The Morgan fingerprint density at radius 1 is 1.14 bits per heavy atom. The molecule has 0 saturated carbocycles. The van der Waals surface area contributed by atoms with Gasteiger partial charge in [0.15, 0.2) is 8.68 Å². The van der Waals surface area contributed by atoms with Gasteiger partial charge in [-0.15, -0.1) is 10.2 Å². The van der Waals surface area contributed by atoms with Crippen molar-refractivity contribution in [3.8, 4) is 5.75 Å². The molecule has 0 aliphatic heterocycles. The number of hydrazone groups is 1. The first-order chi connectivity index (χ1) is 14.1. The molecule has 0 aliphatic rings. The normalized spacial score (nSPS) is 11.0. The summed E-state index contributed by atoms with van der Waals surface area (Å²) in [7, 11) is 1.61. The maximum atomic E-state index is 11.9. The molecule has 0 bridgehead atoms. The number of amides is 1. The van der Waals surface area contributed by atoms with E-state index in [9.17, 15) is 4.79 Å². The van der Waals surface area contributed by atoms with Crippen LogP contribution in [-0.4, -0.2) is 35.2 Å². The van der Waals surface area contributed by atoms with Gasteiger partial charge in [-0.3, -0.25) is 4.79 Å². The van der Waals surface area contributed by atoms with Crippen molar-refractivity contribution in [1.82, 2.24) is 15.6 Å². The minimum atomic E-state index is -0.203. The van der Waals surface area contributed by atoms with Gasteiger partial charge >= 0.3 is 0 Å². The van der Waals surface area contributed by atoms with E-state index in [0.717, 1.165) is 36.3 Å². The summed E-state index contributed by atoms with van der Waals surface area (Å²) < 4.78 is 6.71. The Morgan fingerprint density at radius 2 is 1.83 bits per heavy atom. The van der Waals surface area contributed by atoms with Gasteiger partial charge in [-0.05, 0) is 47.5 Å². The van der Waals surface area contributed by atoms with Crippen molar-refractivity contribution in [2.45, 2.75) is 14.4 Å². The largest absolute Gasteiger partial charge is 0.497 e. The van der Waals surface area contributed by atoms with Crippen LogP contribution in [0.1, 0.15) is 11.1 Å². The van der Waals surface area contributed by atoms with E-state index in [-0.39, 0.29) is 11.7 Å². The molecular formula is C19H17ClN4O2S3. The average molecular weight is 465 g/mol. The quantitative estimate of drug-likeness (QED) is 0.280. The van der Waals surface area contributed by atoms with Crippen molar-refractivity contribution in [2.75, 3.05) is 12.9 Å². The van der Waals surface area contributed by atoms with Crippen molar-refractivity contribution in [3.05, 3.63) is 64.7 Å². The van der Waals surface area contributed by atoms with Crippen molar-refractivity contribution in [3.63, 3.8) is 0 Å². The highest BCUT2D eigenvalue weighted by Gasteiger charge is 2.08. The van der Waals surface area contributed by atoms with Crippen LogP contribution in [-0.2, 0) is 10.5 Å². The number of halogens is 1. The van der Waals surface area contributed by atoms with Gasteiger partial charge in [0.1, 0.15) is 5.75 Å². The van der Waals surface area contributed by atoms with Gasteiger partial charge in [0.05, 0.1) is 19.1 Å². The van der Waals surface area contributed by atoms with Crippen LogP contribution in [0.5, 0.6) is 5.75 Å². The van der Waals surface area contributed by atoms with Gasteiger partial charge in [-0.2, -0.15) is 5.10 Å². The lowest BCUT2D eigenvalue weighted by Crippen LogP contribution is -2.19. The number of nitrogens with one attached hydrogen (secondary N) is 1. The summed E-state index contributed by atoms with van der Waals surface area (Å²) in [5.74, 6) is 1.57. The number of benzene rings is 2. The third-order valence-electron chi connectivity index (χ3n) is 3.51. The molecular weight excluding hydrogens is 448 g/mol. The molecule has 0 atom stereocenters. The highest BCUT2D eigenvalue weighted by molar-refractivity contribution is 8.03. The zero-order valence-electron chi connectivity index (χ0n) is 15.4. The number of carbonyl (C=O) groups excluding carboxylic acids is 1. The lowest BCUT2D eigenvalue weighted by Gasteiger charge is -1.99. The average Bonchev–Trinajstić information content (AvgIpc) is 3.20. The molecule has 2 aromatic carbocycles. The van der Waals surface area contributed by atoms with Gasteiger partial charge in [-0.25, -0.2) is 5.43 Å². The number of rotatable bonds is 9. The van der Waals surface area contributed by atoms with Crippen LogP contribution in [0.2, 0.25) is 5.02 Å². The van der Waals surface area contributed by atoms with Gasteiger partial charge in [0.25, 0.3) is 5.91 Å². The molecule has 0 saturated heterocycles. The molecule has 3 rings (SSSR count). The van der Waals surface area contributed by atoms with Crippen LogP contribution in [0.25, 0.3) is 0 Å². The Morgan fingerprint density at radius 3 is 2.52 bits per heavy atom. The predicted octanol–water partition coefficient (Wildman–Crippen LogP) is 4.73. The van der Waals surface area contributed by atoms with E-state index in [1.807, 2.05) is 48.5 Å². The fourth-order valence-corrected chi connectivity index (χ4v) is 4.96. The first-order valence-corrected chi connectivity index (χ1v) is 11.6. The molecule has 150 valence electrons. The Kier molecular flexibility index (Phi) is 8.36. The summed E-state index contributed by atoms with van der Waals surface area (Å²) in [6, 6.07) is 15.1. The summed E-state index contributed by atoms with van der Waals surface area (Å²) >= 11 is 10.3. The fourth-order valence-electron chi connectivity index (χ4n) is 2.07. The van der Waals surface area contributed by atoms with Gasteiger partial charge < -0.3 is 4.74 Å². The van der Waals surface area contributed by atoms with Gasteiger partial charge in [0.2, 0.25) is 0 Å². The first-order valence-electron chi connectivity index (χ1n) is 8.42. The lowest BCUT2D eigenvalue weighted by molar-refractivity contribution is -0.118. The van der Waals surface area contributed by atoms with E-state index >= 15 is 0 Å². The van der Waals surface area contributed by atoms with E-state index in [1.165, 1.54) is 23.1 Å². The topological polar surface area (TPSA) is 76.5 Å². The summed E-state index contributed by atoms with van der Waals surface area (Å²) in [5.41, 5.74) is 4.54. The van der Waals surface area contributed by atoms with E-state index in [2.05, 4.69) is 20.7 Å². The number of ether oxygens (including phenoxy) is 1. The van der Waals surface area contributed by atoms with Gasteiger partial charge in [0, 0.05) is 10.8 Å². The smallest absolute Gasteiger partial charge is 0.250 e. The van der Waals surface area contributed by atoms with Crippen molar-refractivity contribution < 1.29 is 9.53 Å². The summed E-state index contributed by atoms with van der Waals surface area (Å²) in [4.78, 5) is 11.9. The number of methoxy groups -OCH3 is 1. The molecule has 0 unspecified atom stereocenters. The fraction of sp³-hybridized carbons (Fsp3) is 0.158. The standard InChI is InChI=1S/C19H17ClN4O2S3/c1-26-16-8-4-13(5-9-16)10-21-22-17(25)12-28-19-24-23-18(29-19)27-11-14-2-6-15(20)7-3-14/h2-10H,11-12H2,1H3,(H,22,25)/b21-10+. The van der Waals surface area contributed by atoms with E-state index < -0.39 is 0 Å². The molecule has 1 aromatic heterocycles. The SMILES string of the molecule is COc1ccc(/C=N/NC(=O)CSc2nnc(SCc3ccc(Cl)cc3)s2)cc1. The Labute approximate surface area is 186 Å². The van der Waals surface area contributed by atoms with E-state index in [0.29, 0.717) is 0 Å². The molecule has 1 amide bonds. The molecule has 3 aromatic rings. The number of hydrogen-bond donors (Lipinski definition) is 1. The van der Waals surface area contributed by atoms with Crippen LogP contribution in [0.3, 0.4) is 0 Å². The monoisotopic (exact) mass is 464 g/mol. The molecule has 0 fully saturated rings. The van der Waals surface area contributed by atoms with E-state index in [4.69, 9.17) is 16.3 Å². The third kappa shape index (κ3) is 7.36. The van der Waals surface area contributed by atoms with Crippen LogP contribution < -0.4 is 10.2 Å². The zero-order valence-corrected chi connectivity index (χ0v) is 18.6. The number of carbonyl (C=O) groups is 1. The molecule has 0 spiro atoms. The van der Waals surface area contributed by atoms with Crippen LogP contribution >= 0.6 is 46.5 Å². The summed E-state index contributed by atoms with van der Waals surface area (Å²) in [6.45, 7) is 0. The number of hydrogen-bond acceptors (Lipinski definition) is 8. The summed E-state index contributed by atoms with van der Waals surface area (Å²) in [6.07, 6.45) is 1.58. The molecule has 0 radical (unpaired) electrons. The predicted molar refractivity (Wildman–Crippen MR) is 120 cm³/mol. The number of thioether (sulfide) groups is 2. The Hall–Kier alpha value is -2.07. The minimum absolute atomic E-state index is 0.203. The zero-order chi connectivity index (χ0) is 20.5. The molecule has 1 N–H and O–H groups in total. The molecule has 29 heavy (non-hydrogen) atoms. The second-order valence-electron chi connectivity index (χ2n) is 5.60. The number of aromatic nitrogens is 2. The summed E-state index contributed by atoms with van der Waals surface area (Å²) in [5, 5.41) is 13.0. The van der Waals surface area contributed by atoms with Crippen LogP contribution in [0.15, 0.2) is 62.3 Å². The van der Waals surface area contributed by atoms with Crippen molar-refractivity contribution >= 4 is 58.6 Å². The van der Waals surface area contributed by atoms with Crippen LogP contribution in [0, 0.1) is 0 Å². The highest BCUT2D eigenvalue weighted by atomic mass is 35.5. The maximum absolute atomic E-state index is 11.9. The van der Waals surface area contributed by atoms with Crippen molar-refractivity contribution in [2.24, 2.45) is 5.10 Å². The molecule has 0 aliphatic carbocycles.